The van der Waals surface area contributed by atoms with Gasteiger partial charge in [-0.1, -0.05) is 29.8 Å². The van der Waals surface area contributed by atoms with Crippen LogP contribution in [0, 0.1) is 0 Å². The van der Waals surface area contributed by atoms with Crippen molar-refractivity contribution in [1.82, 2.24) is 4.90 Å². The fourth-order valence-electron chi connectivity index (χ4n) is 4.74. The molecule has 1 fully saturated rings. The Labute approximate surface area is 244 Å². The summed E-state index contributed by atoms with van der Waals surface area (Å²) in [5, 5.41) is 6.76. The van der Waals surface area contributed by atoms with Gasteiger partial charge in [0.05, 0.1) is 35.4 Å². The summed E-state index contributed by atoms with van der Waals surface area (Å²) < 4.78 is 31.4. The van der Waals surface area contributed by atoms with Crippen LogP contribution in [0.1, 0.15) is 11.1 Å². The van der Waals surface area contributed by atoms with Gasteiger partial charge >= 0.3 is 6.09 Å². The number of sulfonamides is 1. The summed E-state index contributed by atoms with van der Waals surface area (Å²) in [5.41, 5.74) is 4.85. The minimum atomic E-state index is -3.49. The molecule has 3 aromatic rings. The normalized spacial score (nSPS) is 16.0. The molecule has 10 nitrogen and oxygen atoms in total. The summed E-state index contributed by atoms with van der Waals surface area (Å²) in [5.74, 6) is -0.291. The third-order valence-corrected chi connectivity index (χ3v) is 8.21. The van der Waals surface area contributed by atoms with E-state index in [4.69, 9.17) is 16.3 Å². The molecule has 0 aliphatic carbocycles. The first-order valence-electron chi connectivity index (χ1n) is 12.9. The number of carbonyl (C=O) groups excluding carboxylic acids is 2. The Bertz CT molecular complexity index is 1620. The molecule has 2 aliphatic heterocycles. The van der Waals surface area contributed by atoms with Gasteiger partial charge in [0, 0.05) is 35.1 Å². The Kier molecular flexibility index (Phi) is 7.94. The molecular formula is C29H30ClN5O5S. The predicted molar refractivity (Wildman–Crippen MR) is 163 cm³/mol. The second kappa shape index (κ2) is 11.4. The summed E-state index contributed by atoms with van der Waals surface area (Å²) in [7, 11) is 0.283. The van der Waals surface area contributed by atoms with Crippen molar-refractivity contribution in [2.75, 3.05) is 66.4 Å². The van der Waals surface area contributed by atoms with Gasteiger partial charge in [-0.3, -0.25) is 14.0 Å². The summed E-state index contributed by atoms with van der Waals surface area (Å²) >= 11 is 6.17. The maximum atomic E-state index is 13.2. The Balaban J connectivity index is 1.53. The van der Waals surface area contributed by atoms with Crippen molar-refractivity contribution in [2.45, 2.75) is 0 Å². The number of ether oxygens (including phenoxy) is 1. The van der Waals surface area contributed by atoms with Crippen LogP contribution >= 0.6 is 11.6 Å². The second-order valence-corrected chi connectivity index (χ2v) is 12.4. The lowest BCUT2D eigenvalue weighted by Gasteiger charge is -2.24. The number of nitrogens with one attached hydrogen (secondary N) is 2. The van der Waals surface area contributed by atoms with Crippen LogP contribution < -0.4 is 19.8 Å². The largest absolute Gasteiger partial charge is 0.447 e. The molecule has 3 aromatic carbocycles. The number of amides is 2. The third kappa shape index (κ3) is 6.17. The first-order valence-corrected chi connectivity index (χ1v) is 15.1. The van der Waals surface area contributed by atoms with Gasteiger partial charge in [0.1, 0.15) is 6.61 Å². The predicted octanol–water partition coefficient (Wildman–Crippen LogP) is 4.56. The van der Waals surface area contributed by atoms with E-state index >= 15 is 0 Å². The highest BCUT2D eigenvalue weighted by Crippen LogP contribution is 2.39. The molecule has 0 atom stereocenters. The maximum Gasteiger partial charge on any atom is 0.414 e. The van der Waals surface area contributed by atoms with E-state index in [9.17, 15) is 18.0 Å². The van der Waals surface area contributed by atoms with Crippen LogP contribution in [0.15, 0.2) is 66.7 Å². The lowest BCUT2D eigenvalue weighted by Crippen LogP contribution is -2.35. The summed E-state index contributed by atoms with van der Waals surface area (Å²) in [6.07, 6.45) is 0.787. The monoisotopic (exact) mass is 595 g/mol. The van der Waals surface area contributed by atoms with Gasteiger partial charge < -0.3 is 20.3 Å². The molecule has 1 saturated heterocycles. The lowest BCUT2D eigenvalue weighted by molar-refractivity contribution is -0.110. The van der Waals surface area contributed by atoms with E-state index in [1.165, 1.54) is 10.6 Å². The van der Waals surface area contributed by atoms with Crippen LogP contribution in [-0.2, 0) is 19.6 Å². The van der Waals surface area contributed by atoms with Crippen molar-refractivity contribution >= 4 is 67.6 Å². The Morgan fingerprint density at radius 1 is 1.02 bits per heavy atom. The molecule has 214 valence electrons. The zero-order valence-corrected chi connectivity index (χ0v) is 24.4. The molecule has 2 amide bonds. The second-order valence-electron chi connectivity index (χ2n) is 10.0. The molecule has 41 heavy (non-hydrogen) atoms. The number of cyclic esters (lactones) is 1. The number of hydrogen-bond acceptors (Lipinski definition) is 7. The zero-order chi connectivity index (χ0) is 29.3. The molecule has 2 N–H and O–H groups in total. The Morgan fingerprint density at radius 2 is 1.73 bits per heavy atom. The average molecular weight is 596 g/mol. The third-order valence-electron chi connectivity index (χ3n) is 6.78. The number of hydrogen-bond donors (Lipinski definition) is 2. The summed E-state index contributed by atoms with van der Waals surface area (Å²) in [6, 6.07) is 19.5. The molecule has 0 aromatic heterocycles. The van der Waals surface area contributed by atoms with E-state index < -0.39 is 16.1 Å². The van der Waals surface area contributed by atoms with Crippen molar-refractivity contribution < 1.29 is 22.7 Å². The first kappa shape index (κ1) is 28.5. The van der Waals surface area contributed by atoms with Crippen molar-refractivity contribution in [1.29, 1.82) is 0 Å². The molecule has 2 heterocycles. The number of nitrogens with zero attached hydrogens (tertiary/aromatic N) is 3. The van der Waals surface area contributed by atoms with Crippen LogP contribution in [0.25, 0.3) is 11.3 Å². The van der Waals surface area contributed by atoms with Crippen molar-refractivity contribution in [3.63, 3.8) is 0 Å². The number of anilines is 4. The molecule has 0 bridgehead atoms. The van der Waals surface area contributed by atoms with Crippen LogP contribution in [0.5, 0.6) is 0 Å². The smallest absolute Gasteiger partial charge is 0.414 e. The first-order chi connectivity index (χ1) is 19.5. The number of halogens is 1. The van der Waals surface area contributed by atoms with Crippen LogP contribution in [0.2, 0.25) is 5.02 Å². The van der Waals surface area contributed by atoms with E-state index in [-0.39, 0.29) is 5.91 Å². The highest BCUT2D eigenvalue weighted by molar-refractivity contribution is 7.92. The van der Waals surface area contributed by atoms with Gasteiger partial charge in [-0.05, 0) is 68.2 Å². The van der Waals surface area contributed by atoms with Crippen LogP contribution in [-0.4, -0.2) is 71.9 Å². The molecule has 5 rings (SSSR count). The van der Waals surface area contributed by atoms with E-state index in [1.807, 2.05) is 31.1 Å². The SMILES string of the molecule is CN(C)CCN(c1ccc(N/C(=C2\C(=O)Nc3cc(Cl)ccc32)c2ccc(N3CCOC3=O)cc2)cc1)S(C)(=O)=O. The number of rotatable bonds is 9. The zero-order valence-electron chi connectivity index (χ0n) is 22.8. The molecule has 0 unspecified atom stereocenters. The molecule has 12 heteroatoms. The topological polar surface area (TPSA) is 111 Å². The fourth-order valence-corrected chi connectivity index (χ4v) is 5.83. The molecule has 0 radical (unpaired) electrons. The summed E-state index contributed by atoms with van der Waals surface area (Å²) in [4.78, 5) is 28.8. The Hall–Kier alpha value is -4.06. The number of likely N-dealkylation sites (N-methyl/N-ethyl adjacent to an activating group) is 1. The number of carbonyl (C=O) groups is 2. The van der Waals surface area contributed by atoms with Gasteiger partial charge in [0.2, 0.25) is 10.0 Å². The van der Waals surface area contributed by atoms with Gasteiger partial charge in [0.25, 0.3) is 5.91 Å². The molecular weight excluding hydrogens is 566 g/mol. The van der Waals surface area contributed by atoms with E-state index in [0.717, 1.165) is 0 Å². The summed E-state index contributed by atoms with van der Waals surface area (Å²) in [6.45, 7) is 1.67. The molecule has 0 spiro atoms. The van der Waals surface area contributed by atoms with E-state index in [1.54, 1.807) is 59.5 Å². The number of fused-ring (bicyclic) bond motifs is 1. The maximum absolute atomic E-state index is 13.2. The minimum absolute atomic E-state index is 0.291. The van der Waals surface area contributed by atoms with Crippen LogP contribution in [0.3, 0.4) is 0 Å². The highest BCUT2D eigenvalue weighted by Gasteiger charge is 2.29. The Morgan fingerprint density at radius 3 is 2.34 bits per heavy atom. The van der Waals surface area contributed by atoms with Gasteiger partial charge in [0.15, 0.2) is 0 Å². The van der Waals surface area contributed by atoms with Crippen molar-refractivity contribution in [3.8, 4) is 0 Å². The van der Waals surface area contributed by atoms with E-state index in [0.29, 0.717) is 76.4 Å². The number of benzene rings is 3. The average Bonchev–Trinajstić information content (AvgIpc) is 3.49. The van der Waals surface area contributed by atoms with Crippen molar-refractivity contribution in [3.05, 3.63) is 82.9 Å². The fraction of sp³-hybridized carbons (Fsp3) is 0.241. The highest BCUT2D eigenvalue weighted by atomic mass is 35.5. The van der Waals surface area contributed by atoms with Gasteiger partial charge in [-0.25, -0.2) is 13.2 Å². The quantitative estimate of drug-likeness (QED) is 0.349. The molecule has 0 saturated carbocycles. The van der Waals surface area contributed by atoms with Gasteiger partial charge in [-0.2, -0.15) is 0 Å². The van der Waals surface area contributed by atoms with Gasteiger partial charge in [-0.15, -0.1) is 0 Å². The lowest BCUT2D eigenvalue weighted by atomic mass is 9.99. The molecule has 2 aliphatic rings. The van der Waals surface area contributed by atoms with Crippen molar-refractivity contribution in [2.24, 2.45) is 0 Å². The van der Waals surface area contributed by atoms with Crippen LogP contribution in [0.4, 0.5) is 27.5 Å². The minimum Gasteiger partial charge on any atom is -0.447 e. The standard InChI is InChI=1S/C29H30ClN5O5S/c1-33(2)14-15-35(41(3,38)39)23-11-7-21(8-12-23)31-27(26-24-13-6-20(30)18-25(24)32-28(26)36)19-4-9-22(10-5-19)34-16-17-40-29(34)37/h4-13,18,31H,14-17H2,1-3H3,(H,32,36)/b27-26-. The van der Waals surface area contributed by atoms with E-state index in [2.05, 4.69) is 10.6 Å².